The molecule has 0 spiro atoms. The van der Waals surface area contributed by atoms with Crippen LogP contribution in [-0.4, -0.2) is 21.0 Å². The Bertz CT molecular complexity index is 1330. The van der Waals surface area contributed by atoms with E-state index >= 15 is 0 Å². The van der Waals surface area contributed by atoms with Crippen molar-refractivity contribution < 1.29 is 14.3 Å². The van der Waals surface area contributed by atoms with Gasteiger partial charge in [0.25, 0.3) is 6.47 Å². The van der Waals surface area contributed by atoms with Gasteiger partial charge in [-0.15, -0.1) is 0 Å². The Hall–Kier alpha value is -4.45. The molecule has 2 heterocycles. The molecule has 3 aromatic carbocycles. The quantitative estimate of drug-likeness (QED) is 0.334. The lowest BCUT2D eigenvalue weighted by molar-refractivity contribution is -0.122. The average molecular weight is 425 g/mol. The van der Waals surface area contributed by atoms with Crippen LogP contribution in [-0.2, 0) is 4.79 Å². The summed E-state index contributed by atoms with van der Waals surface area (Å²) in [5, 5.41) is 10.3. The first-order chi connectivity index (χ1) is 15.7. The van der Waals surface area contributed by atoms with Crippen LogP contribution in [0.3, 0.4) is 0 Å². The number of para-hydroxylation sites is 1. The van der Waals surface area contributed by atoms with Crippen molar-refractivity contribution in [3.63, 3.8) is 0 Å². The summed E-state index contributed by atoms with van der Waals surface area (Å²) in [6.07, 6.45) is 3.89. The first kappa shape index (κ1) is 20.8. The molecule has 0 atom stereocenters. The zero-order valence-corrected chi connectivity index (χ0v) is 17.0. The van der Waals surface area contributed by atoms with Gasteiger partial charge >= 0.3 is 0 Å². The van der Waals surface area contributed by atoms with Crippen LogP contribution in [0.4, 0.5) is 15.8 Å². The van der Waals surface area contributed by atoms with E-state index in [9.17, 15) is 4.39 Å². The van der Waals surface area contributed by atoms with Gasteiger partial charge in [-0.25, -0.2) is 9.37 Å². The van der Waals surface area contributed by atoms with Gasteiger partial charge in [0, 0.05) is 23.1 Å². The maximum absolute atomic E-state index is 13.2. The minimum absolute atomic E-state index is 0.234. The van der Waals surface area contributed by atoms with Crippen molar-refractivity contribution in [2.45, 2.75) is 0 Å². The van der Waals surface area contributed by atoms with Gasteiger partial charge in [-0.1, -0.05) is 42.5 Å². The fourth-order valence-electron chi connectivity index (χ4n) is 3.46. The molecule has 0 radical (unpaired) electrons. The number of pyridine rings is 1. The highest BCUT2D eigenvalue weighted by atomic mass is 19.1. The molecule has 2 aromatic heterocycles. The summed E-state index contributed by atoms with van der Waals surface area (Å²) in [5.74, 6) is -0.234. The largest absolute Gasteiger partial charge is 0.483 e. The molecule has 0 aliphatic rings. The molecule has 5 rings (SSSR count). The number of rotatable bonds is 4. The third-order valence-electron chi connectivity index (χ3n) is 4.91. The monoisotopic (exact) mass is 425 g/mol. The minimum atomic E-state index is -0.250. The van der Waals surface area contributed by atoms with Gasteiger partial charge in [0.05, 0.1) is 11.9 Å². The average Bonchev–Trinajstić information content (AvgIpc) is 3.24. The summed E-state index contributed by atoms with van der Waals surface area (Å²) in [6.45, 7) is -0.250. The van der Waals surface area contributed by atoms with Crippen LogP contribution in [0.15, 0.2) is 103 Å². The fraction of sp³-hybridized carbons (Fsp3) is 0. The Morgan fingerprint density at radius 2 is 1.53 bits per heavy atom. The Kier molecular flexibility index (Phi) is 6.22. The van der Waals surface area contributed by atoms with E-state index in [0.29, 0.717) is 0 Å². The molecular formula is C26H20FN3O2. The van der Waals surface area contributed by atoms with E-state index in [-0.39, 0.29) is 12.3 Å². The van der Waals surface area contributed by atoms with Gasteiger partial charge in [0.15, 0.2) is 0 Å². The summed E-state index contributed by atoms with van der Waals surface area (Å²) in [7, 11) is 0. The van der Waals surface area contributed by atoms with Gasteiger partial charge in [0.2, 0.25) is 0 Å². The van der Waals surface area contributed by atoms with Crippen LogP contribution in [0.1, 0.15) is 0 Å². The first-order valence-electron chi connectivity index (χ1n) is 9.91. The highest BCUT2D eigenvalue weighted by Crippen LogP contribution is 2.28. The van der Waals surface area contributed by atoms with Crippen molar-refractivity contribution in [1.29, 1.82) is 0 Å². The zero-order chi connectivity index (χ0) is 22.3. The van der Waals surface area contributed by atoms with Crippen molar-refractivity contribution in [1.82, 2.24) is 9.38 Å². The van der Waals surface area contributed by atoms with Crippen LogP contribution in [0.5, 0.6) is 0 Å². The number of halogens is 1. The molecule has 2 N–H and O–H groups in total. The van der Waals surface area contributed by atoms with Crippen molar-refractivity contribution >= 4 is 23.5 Å². The molecule has 6 heteroatoms. The smallest absolute Gasteiger partial charge is 0.290 e. The highest BCUT2D eigenvalue weighted by Gasteiger charge is 2.08. The Morgan fingerprint density at radius 1 is 0.812 bits per heavy atom. The highest BCUT2D eigenvalue weighted by molar-refractivity contribution is 5.73. The van der Waals surface area contributed by atoms with E-state index in [1.807, 2.05) is 67.0 Å². The van der Waals surface area contributed by atoms with Crippen LogP contribution in [0, 0.1) is 5.82 Å². The molecule has 0 saturated carbocycles. The number of anilines is 2. The molecule has 0 bridgehead atoms. The third kappa shape index (κ3) is 4.65. The number of nitrogens with one attached hydrogen (secondary N) is 1. The van der Waals surface area contributed by atoms with E-state index in [4.69, 9.17) is 9.90 Å². The van der Waals surface area contributed by atoms with Gasteiger partial charge in [0.1, 0.15) is 11.5 Å². The van der Waals surface area contributed by atoms with Gasteiger partial charge in [-0.05, 0) is 59.7 Å². The third-order valence-corrected chi connectivity index (χ3v) is 4.91. The van der Waals surface area contributed by atoms with Crippen LogP contribution >= 0.6 is 0 Å². The maximum Gasteiger partial charge on any atom is 0.290 e. The number of aromatic nitrogens is 2. The van der Waals surface area contributed by atoms with E-state index in [2.05, 4.69) is 26.8 Å². The summed E-state index contributed by atoms with van der Waals surface area (Å²) in [6, 6.07) is 28.9. The molecule has 158 valence electrons. The zero-order valence-electron chi connectivity index (χ0n) is 17.0. The topological polar surface area (TPSA) is 66.6 Å². The summed E-state index contributed by atoms with van der Waals surface area (Å²) >= 11 is 0. The number of carboxylic acid groups (broad SMARTS) is 1. The second kappa shape index (κ2) is 9.57. The van der Waals surface area contributed by atoms with E-state index in [1.165, 1.54) is 12.1 Å². The fourth-order valence-corrected chi connectivity index (χ4v) is 3.46. The van der Waals surface area contributed by atoms with Crippen molar-refractivity contribution in [2.75, 3.05) is 5.32 Å². The second-order valence-electron chi connectivity index (χ2n) is 6.97. The van der Waals surface area contributed by atoms with Crippen LogP contribution in [0.2, 0.25) is 0 Å². The Labute approximate surface area is 184 Å². The Balaban J connectivity index is 0.000000775. The SMILES string of the molecule is Fc1ccc(-c2ccn3c(-c4cccc(Nc5ccccc5)c4)cnc3c2)cc1.O=CO. The number of hydrogen-bond donors (Lipinski definition) is 2. The maximum atomic E-state index is 13.2. The standard InChI is InChI=1S/C25H18FN3.CH2O2/c26-21-11-9-18(10-12-21)19-13-14-29-24(17-27-25(29)16-19)20-5-4-8-23(15-20)28-22-6-2-1-3-7-22;2-1-3/h1-17,28H;1H,(H,2,3). The first-order valence-corrected chi connectivity index (χ1v) is 9.91. The predicted molar refractivity (Wildman–Crippen MR) is 124 cm³/mol. The summed E-state index contributed by atoms with van der Waals surface area (Å²) in [4.78, 5) is 12.9. The normalized spacial score (nSPS) is 10.3. The summed E-state index contributed by atoms with van der Waals surface area (Å²) in [5.41, 5.74) is 6.98. The van der Waals surface area contributed by atoms with Crippen molar-refractivity contribution in [2.24, 2.45) is 0 Å². The molecule has 0 aliphatic heterocycles. The lowest BCUT2D eigenvalue weighted by atomic mass is 10.1. The van der Waals surface area contributed by atoms with Gasteiger partial charge < -0.3 is 10.4 Å². The Morgan fingerprint density at radius 3 is 2.28 bits per heavy atom. The minimum Gasteiger partial charge on any atom is -0.483 e. The lowest BCUT2D eigenvalue weighted by Crippen LogP contribution is -1.92. The molecule has 0 fully saturated rings. The van der Waals surface area contributed by atoms with Gasteiger partial charge in [-0.2, -0.15) is 0 Å². The molecule has 0 unspecified atom stereocenters. The molecule has 0 amide bonds. The second-order valence-corrected chi connectivity index (χ2v) is 6.97. The molecule has 5 nitrogen and oxygen atoms in total. The number of fused-ring (bicyclic) bond motifs is 1. The van der Waals surface area contributed by atoms with Crippen LogP contribution in [0.25, 0.3) is 28.0 Å². The lowest BCUT2D eigenvalue weighted by Gasteiger charge is -2.09. The van der Waals surface area contributed by atoms with Crippen LogP contribution < -0.4 is 5.32 Å². The number of carbonyl (C=O) groups is 1. The molecule has 0 aliphatic carbocycles. The molecular weight excluding hydrogens is 405 g/mol. The van der Waals surface area contributed by atoms with E-state index < -0.39 is 0 Å². The van der Waals surface area contributed by atoms with Crippen molar-refractivity contribution in [3.05, 3.63) is 109 Å². The van der Waals surface area contributed by atoms with E-state index in [1.54, 1.807) is 12.1 Å². The number of benzene rings is 3. The van der Waals surface area contributed by atoms with Gasteiger partial charge in [-0.3, -0.25) is 9.20 Å². The number of nitrogens with zero attached hydrogens (tertiary/aromatic N) is 2. The number of hydrogen-bond acceptors (Lipinski definition) is 3. The molecule has 5 aromatic rings. The molecule has 0 saturated heterocycles. The predicted octanol–water partition coefficient (Wildman–Crippen LogP) is 6.25. The summed E-state index contributed by atoms with van der Waals surface area (Å²) < 4.78 is 15.3. The number of imidazole rings is 1. The van der Waals surface area contributed by atoms with E-state index in [0.717, 1.165) is 39.4 Å². The van der Waals surface area contributed by atoms with Crippen molar-refractivity contribution in [3.8, 4) is 22.4 Å². The molecule has 32 heavy (non-hydrogen) atoms.